The van der Waals surface area contributed by atoms with Crippen LogP contribution in [0, 0.1) is 18.8 Å². The summed E-state index contributed by atoms with van der Waals surface area (Å²) in [5.41, 5.74) is 2.53. The Balaban J connectivity index is 1.45. The highest BCUT2D eigenvalue weighted by atomic mass is 16.3. The molecule has 0 aliphatic heterocycles. The number of H-pyrrole nitrogens is 1. The summed E-state index contributed by atoms with van der Waals surface area (Å²) in [4.78, 5) is 12.3. The van der Waals surface area contributed by atoms with E-state index in [1.165, 1.54) is 11.1 Å². The summed E-state index contributed by atoms with van der Waals surface area (Å²) < 4.78 is 0. The van der Waals surface area contributed by atoms with Crippen molar-refractivity contribution < 1.29 is 9.90 Å². The van der Waals surface area contributed by atoms with Crippen LogP contribution in [0.25, 0.3) is 0 Å². The van der Waals surface area contributed by atoms with Crippen LogP contribution in [0.5, 0.6) is 0 Å². The fourth-order valence-corrected chi connectivity index (χ4v) is 3.99. The van der Waals surface area contributed by atoms with Gasteiger partial charge in [0.2, 0.25) is 0 Å². The summed E-state index contributed by atoms with van der Waals surface area (Å²) in [5.74, 6) is 1.25. The molecule has 0 radical (unpaired) electrons. The Morgan fingerprint density at radius 3 is 2.97 bits per heavy atom. The number of unbranched alkanes of at least 4 members (excludes halogenated alkanes) is 1. The lowest BCUT2D eigenvalue weighted by atomic mass is 9.89. The SMILES string of the molecule is Cc1cccc(CCC=C(O)[C@H]2CCC(=O)[C@@H]2C/C=C\CCCc2nn[nH]n2)c1. The third kappa shape index (κ3) is 6.38. The lowest BCUT2D eigenvalue weighted by Crippen LogP contribution is -2.16. The van der Waals surface area contributed by atoms with E-state index in [0.717, 1.165) is 44.3 Å². The average molecular weight is 395 g/mol. The Bertz CT molecular complexity index is 842. The number of aromatic amines is 1. The van der Waals surface area contributed by atoms with Crippen LogP contribution in [0.2, 0.25) is 0 Å². The van der Waals surface area contributed by atoms with Gasteiger partial charge < -0.3 is 5.11 Å². The number of hydrogen-bond acceptors (Lipinski definition) is 5. The number of nitrogens with one attached hydrogen (secondary N) is 1. The molecule has 0 saturated heterocycles. The first-order valence-corrected chi connectivity index (χ1v) is 10.5. The first-order chi connectivity index (χ1) is 14.1. The fourth-order valence-electron chi connectivity index (χ4n) is 3.99. The van der Waals surface area contributed by atoms with E-state index in [9.17, 15) is 9.90 Å². The second kappa shape index (κ2) is 10.7. The Morgan fingerprint density at radius 1 is 1.28 bits per heavy atom. The van der Waals surface area contributed by atoms with Gasteiger partial charge in [0.1, 0.15) is 5.78 Å². The zero-order valence-electron chi connectivity index (χ0n) is 17.1. The standard InChI is InChI=1S/C23H30N4O2/c1-17-8-6-9-18(16-17)10-7-12-21(28)20-14-15-22(29)19(20)11-4-2-3-5-13-23-24-26-27-25-23/h2,4,6,8-9,12,16,19-20,28H,3,5,7,10-11,13-15H2,1H3,(H,24,25,26,27)/b4-2-,21-12?/t19-,20+/m1/s1. The van der Waals surface area contributed by atoms with Crippen molar-refractivity contribution in [2.75, 3.05) is 0 Å². The lowest BCUT2D eigenvalue weighted by Gasteiger charge is -2.16. The van der Waals surface area contributed by atoms with Crippen LogP contribution in [-0.2, 0) is 17.6 Å². The van der Waals surface area contributed by atoms with Crippen molar-refractivity contribution in [1.82, 2.24) is 20.6 Å². The van der Waals surface area contributed by atoms with Crippen LogP contribution >= 0.6 is 0 Å². The summed E-state index contributed by atoms with van der Waals surface area (Å²) in [6.07, 6.45) is 12.5. The molecule has 1 fully saturated rings. The van der Waals surface area contributed by atoms with Crippen molar-refractivity contribution in [3.05, 3.63) is 65.2 Å². The van der Waals surface area contributed by atoms with E-state index in [1.807, 2.05) is 6.08 Å². The molecule has 2 aromatic rings. The normalized spacial score (nSPS) is 20.0. The van der Waals surface area contributed by atoms with Gasteiger partial charge in [-0.25, -0.2) is 0 Å². The number of aryl methyl sites for hydroxylation is 3. The quantitative estimate of drug-likeness (QED) is 0.353. The van der Waals surface area contributed by atoms with Gasteiger partial charge in [-0.15, -0.1) is 10.2 Å². The van der Waals surface area contributed by atoms with Crippen molar-refractivity contribution in [2.24, 2.45) is 11.8 Å². The van der Waals surface area contributed by atoms with Crippen molar-refractivity contribution in [3.63, 3.8) is 0 Å². The van der Waals surface area contributed by atoms with Crippen molar-refractivity contribution in [2.45, 2.75) is 58.3 Å². The molecular formula is C23H30N4O2. The summed E-state index contributed by atoms with van der Waals surface area (Å²) in [7, 11) is 0. The zero-order chi connectivity index (χ0) is 20.5. The van der Waals surface area contributed by atoms with E-state index in [-0.39, 0.29) is 17.6 Å². The van der Waals surface area contributed by atoms with E-state index in [2.05, 4.69) is 64.0 Å². The number of carbonyl (C=O) groups excluding carboxylic acids is 1. The van der Waals surface area contributed by atoms with Crippen molar-refractivity contribution >= 4 is 5.78 Å². The molecule has 0 bridgehead atoms. The topological polar surface area (TPSA) is 91.8 Å². The van der Waals surface area contributed by atoms with Crippen LogP contribution in [-0.4, -0.2) is 31.5 Å². The van der Waals surface area contributed by atoms with E-state index >= 15 is 0 Å². The van der Waals surface area contributed by atoms with Gasteiger partial charge in [-0.1, -0.05) is 47.2 Å². The van der Waals surface area contributed by atoms with Gasteiger partial charge in [-0.05, 0) is 57.1 Å². The number of aliphatic hydroxyl groups is 1. The molecule has 3 rings (SSSR count). The van der Waals surface area contributed by atoms with E-state index in [0.29, 0.717) is 18.6 Å². The molecule has 1 aromatic heterocycles. The van der Waals surface area contributed by atoms with Crippen LogP contribution in [0.15, 0.2) is 48.3 Å². The summed E-state index contributed by atoms with van der Waals surface area (Å²) in [6.45, 7) is 2.09. The Kier molecular flexibility index (Phi) is 7.73. The number of nitrogens with zero attached hydrogens (tertiary/aromatic N) is 3. The number of benzene rings is 1. The molecule has 0 amide bonds. The number of tetrazole rings is 1. The van der Waals surface area contributed by atoms with E-state index in [4.69, 9.17) is 0 Å². The van der Waals surface area contributed by atoms with Gasteiger partial charge in [0.25, 0.3) is 0 Å². The second-order valence-corrected chi connectivity index (χ2v) is 7.80. The molecule has 29 heavy (non-hydrogen) atoms. The molecule has 6 nitrogen and oxygen atoms in total. The highest BCUT2D eigenvalue weighted by molar-refractivity contribution is 5.84. The predicted molar refractivity (Wildman–Crippen MR) is 112 cm³/mol. The van der Waals surface area contributed by atoms with Gasteiger partial charge in [0.05, 0.1) is 5.76 Å². The largest absolute Gasteiger partial charge is 0.512 e. The Hall–Kier alpha value is -2.76. The molecule has 2 N–H and O–H groups in total. The molecule has 2 atom stereocenters. The molecule has 1 saturated carbocycles. The highest BCUT2D eigenvalue weighted by Crippen LogP contribution is 2.36. The maximum absolute atomic E-state index is 12.3. The highest BCUT2D eigenvalue weighted by Gasteiger charge is 2.35. The molecular weight excluding hydrogens is 364 g/mol. The number of allylic oxidation sites excluding steroid dienone is 4. The third-order valence-corrected chi connectivity index (χ3v) is 5.57. The van der Waals surface area contributed by atoms with Gasteiger partial charge in [-0.2, -0.15) is 5.21 Å². The maximum atomic E-state index is 12.3. The van der Waals surface area contributed by atoms with E-state index in [1.54, 1.807) is 0 Å². The molecule has 1 aliphatic carbocycles. The Labute approximate surface area is 172 Å². The number of aromatic nitrogens is 4. The minimum Gasteiger partial charge on any atom is -0.512 e. The summed E-state index contributed by atoms with van der Waals surface area (Å²) in [5, 5.41) is 24.4. The van der Waals surface area contributed by atoms with Gasteiger partial charge in [0, 0.05) is 24.7 Å². The second-order valence-electron chi connectivity index (χ2n) is 7.80. The van der Waals surface area contributed by atoms with Gasteiger partial charge >= 0.3 is 0 Å². The van der Waals surface area contributed by atoms with E-state index < -0.39 is 0 Å². The monoisotopic (exact) mass is 394 g/mol. The molecule has 154 valence electrons. The minimum absolute atomic E-state index is 0.0380. The number of ketones is 1. The molecule has 0 unspecified atom stereocenters. The van der Waals surface area contributed by atoms with Gasteiger partial charge in [-0.3, -0.25) is 4.79 Å². The van der Waals surface area contributed by atoms with Crippen LogP contribution in [0.3, 0.4) is 0 Å². The average Bonchev–Trinajstić information content (AvgIpc) is 3.34. The van der Waals surface area contributed by atoms with Crippen molar-refractivity contribution in [1.29, 1.82) is 0 Å². The minimum atomic E-state index is -0.0984. The molecule has 6 heteroatoms. The maximum Gasteiger partial charge on any atom is 0.174 e. The first kappa shape index (κ1) is 21.0. The lowest BCUT2D eigenvalue weighted by molar-refractivity contribution is -0.121. The molecule has 1 heterocycles. The number of rotatable bonds is 10. The Morgan fingerprint density at radius 2 is 2.17 bits per heavy atom. The number of Topliss-reactive ketones (excluding diaryl/α,β-unsaturated/α-hetero) is 1. The van der Waals surface area contributed by atoms with Crippen LogP contribution < -0.4 is 0 Å². The molecule has 1 aliphatic rings. The number of carbonyl (C=O) groups is 1. The number of aliphatic hydroxyl groups excluding tert-OH is 1. The van der Waals surface area contributed by atoms with Gasteiger partial charge in [0.15, 0.2) is 5.82 Å². The first-order valence-electron chi connectivity index (χ1n) is 10.5. The molecule has 1 aromatic carbocycles. The summed E-state index contributed by atoms with van der Waals surface area (Å²) >= 11 is 0. The van der Waals surface area contributed by atoms with Crippen LogP contribution in [0.1, 0.15) is 55.5 Å². The van der Waals surface area contributed by atoms with Crippen LogP contribution in [0.4, 0.5) is 0 Å². The third-order valence-electron chi connectivity index (χ3n) is 5.57. The fraction of sp³-hybridized carbons (Fsp3) is 0.478. The summed E-state index contributed by atoms with van der Waals surface area (Å²) in [6, 6.07) is 8.44. The van der Waals surface area contributed by atoms with Crippen molar-refractivity contribution in [3.8, 4) is 0 Å². The predicted octanol–water partition coefficient (Wildman–Crippen LogP) is 4.45. The smallest absolute Gasteiger partial charge is 0.174 e. The zero-order valence-corrected chi connectivity index (χ0v) is 17.1. The number of hydrogen-bond donors (Lipinski definition) is 2. The molecule has 0 spiro atoms.